The molecule has 1 amide bonds. The van der Waals surface area contributed by atoms with E-state index in [2.05, 4.69) is 0 Å². The van der Waals surface area contributed by atoms with Gasteiger partial charge in [0.05, 0.1) is 13.2 Å². The quantitative estimate of drug-likeness (QED) is 0.812. The van der Waals surface area contributed by atoms with Crippen molar-refractivity contribution >= 4 is 5.91 Å². The minimum absolute atomic E-state index is 0.00940. The van der Waals surface area contributed by atoms with Crippen molar-refractivity contribution in [3.8, 4) is 0 Å². The van der Waals surface area contributed by atoms with E-state index in [0.717, 1.165) is 4.90 Å². The number of aryl methyl sites for hydroxylation is 2. The monoisotopic (exact) mass is 337 g/mol. The number of carbonyl (C=O) groups is 1. The highest BCUT2D eigenvalue weighted by molar-refractivity contribution is 5.94. The van der Waals surface area contributed by atoms with Crippen LogP contribution in [0.1, 0.15) is 21.5 Å². The number of hydrogen-bond donors (Lipinski definition) is 1. The highest BCUT2D eigenvalue weighted by Gasteiger charge is 2.40. The molecule has 0 heterocycles. The predicted octanol–water partition coefficient (Wildman–Crippen LogP) is 2.45. The molecule has 1 aromatic rings. The minimum Gasteiger partial charge on any atom is -0.383 e. The van der Waals surface area contributed by atoms with Gasteiger partial charge in [0.25, 0.3) is 5.91 Å². The number of aliphatic hydroxyl groups excluding tert-OH is 1. The fraction of sp³-hybridized carbons (Fsp3) is 0.533. The van der Waals surface area contributed by atoms with Crippen molar-refractivity contribution in [2.45, 2.75) is 26.1 Å². The van der Waals surface area contributed by atoms with Crippen LogP contribution in [-0.2, 0) is 4.74 Å². The molecular formula is C15H19F4NO3. The van der Waals surface area contributed by atoms with Crippen molar-refractivity contribution in [3.05, 3.63) is 34.6 Å². The zero-order valence-corrected chi connectivity index (χ0v) is 13.1. The van der Waals surface area contributed by atoms with Gasteiger partial charge in [-0.15, -0.1) is 0 Å². The molecule has 0 radical (unpaired) electrons. The predicted molar refractivity (Wildman–Crippen MR) is 75.7 cm³/mol. The molecule has 0 saturated heterocycles. The molecule has 0 aliphatic carbocycles. The lowest BCUT2D eigenvalue weighted by molar-refractivity contribution is -0.206. The number of alkyl halides is 3. The third kappa shape index (κ3) is 5.18. The van der Waals surface area contributed by atoms with Crippen molar-refractivity contribution in [2.75, 3.05) is 26.8 Å². The van der Waals surface area contributed by atoms with Crippen LogP contribution in [0.5, 0.6) is 0 Å². The van der Waals surface area contributed by atoms with E-state index in [-0.39, 0.29) is 29.8 Å². The topological polar surface area (TPSA) is 49.8 Å². The Kier molecular flexibility index (Phi) is 6.52. The highest BCUT2D eigenvalue weighted by Crippen LogP contribution is 2.22. The zero-order valence-electron chi connectivity index (χ0n) is 13.1. The van der Waals surface area contributed by atoms with E-state index in [0.29, 0.717) is 0 Å². The summed E-state index contributed by atoms with van der Waals surface area (Å²) in [6.45, 7) is 1.89. The van der Waals surface area contributed by atoms with Gasteiger partial charge in [0, 0.05) is 19.2 Å². The molecule has 0 aliphatic heterocycles. The lowest BCUT2D eigenvalue weighted by Crippen LogP contribution is -2.45. The molecule has 1 atom stereocenters. The average molecular weight is 337 g/mol. The molecule has 0 aromatic heterocycles. The van der Waals surface area contributed by atoms with E-state index in [4.69, 9.17) is 4.74 Å². The Hall–Kier alpha value is -1.67. The molecular weight excluding hydrogens is 318 g/mol. The van der Waals surface area contributed by atoms with E-state index >= 15 is 0 Å². The second-order valence-corrected chi connectivity index (χ2v) is 5.23. The maximum atomic E-state index is 13.6. The molecule has 130 valence electrons. The first-order valence-corrected chi connectivity index (χ1v) is 6.87. The summed E-state index contributed by atoms with van der Waals surface area (Å²) in [5, 5.41) is 9.18. The van der Waals surface area contributed by atoms with E-state index in [1.165, 1.54) is 33.1 Å². The Morgan fingerprint density at radius 2 is 1.83 bits per heavy atom. The Balaban J connectivity index is 3.04. The molecule has 0 fully saturated rings. The number of hydrogen-bond acceptors (Lipinski definition) is 3. The highest BCUT2D eigenvalue weighted by atomic mass is 19.4. The molecule has 0 aliphatic rings. The molecule has 23 heavy (non-hydrogen) atoms. The van der Waals surface area contributed by atoms with Gasteiger partial charge < -0.3 is 14.7 Å². The molecule has 4 nitrogen and oxygen atoms in total. The second-order valence-electron chi connectivity index (χ2n) is 5.23. The largest absolute Gasteiger partial charge is 0.416 e. The Morgan fingerprint density at radius 3 is 2.26 bits per heavy atom. The molecule has 1 unspecified atom stereocenters. The van der Waals surface area contributed by atoms with Crippen LogP contribution in [0, 0.1) is 19.7 Å². The lowest BCUT2D eigenvalue weighted by atomic mass is 10.1. The third-order valence-corrected chi connectivity index (χ3v) is 3.31. The van der Waals surface area contributed by atoms with Crippen LogP contribution in [0.2, 0.25) is 0 Å². The summed E-state index contributed by atoms with van der Waals surface area (Å²) < 4.78 is 55.9. The van der Waals surface area contributed by atoms with Gasteiger partial charge >= 0.3 is 6.18 Å². The molecule has 0 bridgehead atoms. The van der Waals surface area contributed by atoms with Crippen molar-refractivity contribution in [1.82, 2.24) is 4.90 Å². The number of carbonyl (C=O) groups excluding carboxylic acids is 1. The average Bonchev–Trinajstić information content (AvgIpc) is 2.46. The fourth-order valence-corrected chi connectivity index (χ4v) is 2.04. The van der Waals surface area contributed by atoms with Gasteiger partial charge in [0.1, 0.15) is 5.82 Å². The smallest absolute Gasteiger partial charge is 0.383 e. The number of ether oxygens (including phenoxy) is 1. The minimum atomic E-state index is -4.83. The molecule has 1 rings (SSSR count). The van der Waals surface area contributed by atoms with Gasteiger partial charge in [-0.25, -0.2) is 4.39 Å². The second kappa shape index (κ2) is 7.74. The number of halogens is 4. The summed E-state index contributed by atoms with van der Waals surface area (Å²) in [6, 6.07) is 2.54. The molecule has 0 saturated carbocycles. The number of nitrogens with zero attached hydrogens (tertiary/aromatic N) is 1. The summed E-state index contributed by atoms with van der Waals surface area (Å²) in [7, 11) is 1.34. The SMILES string of the molecule is COCCN(CC(O)C(F)(F)F)C(=O)c1cc(C)c(F)c(C)c1. The lowest BCUT2D eigenvalue weighted by Gasteiger charge is -2.26. The van der Waals surface area contributed by atoms with Gasteiger partial charge in [0.15, 0.2) is 6.10 Å². The van der Waals surface area contributed by atoms with E-state index < -0.39 is 30.5 Å². The van der Waals surface area contributed by atoms with E-state index in [1.54, 1.807) is 0 Å². The number of aliphatic hydroxyl groups is 1. The van der Waals surface area contributed by atoms with Crippen molar-refractivity contribution in [3.63, 3.8) is 0 Å². The summed E-state index contributed by atoms with van der Waals surface area (Å²) in [6.07, 6.45) is -7.49. The first kappa shape index (κ1) is 19.4. The number of benzene rings is 1. The zero-order chi connectivity index (χ0) is 17.8. The molecule has 1 N–H and O–H groups in total. The van der Waals surface area contributed by atoms with Gasteiger partial charge in [-0.05, 0) is 37.1 Å². The number of rotatable bonds is 6. The van der Waals surface area contributed by atoms with Crippen LogP contribution in [0.25, 0.3) is 0 Å². The molecule has 1 aromatic carbocycles. The van der Waals surface area contributed by atoms with Gasteiger partial charge in [-0.3, -0.25) is 4.79 Å². The van der Waals surface area contributed by atoms with E-state index in [1.807, 2.05) is 0 Å². The summed E-state index contributed by atoms with van der Waals surface area (Å²) in [5.41, 5.74) is 0.500. The fourth-order valence-electron chi connectivity index (χ4n) is 2.04. The molecule has 0 spiro atoms. The first-order valence-electron chi connectivity index (χ1n) is 6.87. The summed E-state index contributed by atoms with van der Waals surface area (Å²) in [4.78, 5) is 13.2. The first-order chi connectivity index (χ1) is 10.6. The maximum Gasteiger partial charge on any atom is 0.416 e. The van der Waals surface area contributed by atoms with Crippen LogP contribution in [-0.4, -0.2) is 55.0 Å². The van der Waals surface area contributed by atoms with Crippen LogP contribution in [0.3, 0.4) is 0 Å². The van der Waals surface area contributed by atoms with Crippen LogP contribution in [0.4, 0.5) is 17.6 Å². The number of methoxy groups -OCH3 is 1. The van der Waals surface area contributed by atoms with Gasteiger partial charge in [-0.2, -0.15) is 13.2 Å². The normalized spacial score (nSPS) is 13.0. The van der Waals surface area contributed by atoms with Gasteiger partial charge in [-0.1, -0.05) is 0 Å². The van der Waals surface area contributed by atoms with Crippen molar-refractivity contribution in [1.29, 1.82) is 0 Å². The van der Waals surface area contributed by atoms with Crippen LogP contribution in [0.15, 0.2) is 12.1 Å². The van der Waals surface area contributed by atoms with Gasteiger partial charge in [0.2, 0.25) is 0 Å². The Labute approximate surface area is 131 Å². The molecule has 8 heteroatoms. The Bertz CT molecular complexity index is 537. The summed E-state index contributed by atoms with van der Waals surface area (Å²) >= 11 is 0. The number of amides is 1. The van der Waals surface area contributed by atoms with Crippen LogP contribution >= 0.6 is 0 Å². The summed E-state index contributed by atoms with van der Waals surface area (Å²) in [5.74, 6) is -1.20. The van der Waals surface area contributed by atoms with Crippen LogP contribution < -0.4 is 0 Å². The standard InChI is InChI=1S/C15H19F4NO3/c1-9-6-11(7-10(2)13(9)16)14(22)20(4-5-23-3)8-12(21)15(17,18)19/h6-7,12,21H,4-5,8H2,1-3H3. The maximum absolute atomic E-state index is 13.6. The van der Waals surface area contributed by atoms with Crippen molar-refractivity contribution in [2.24, 2.45) is 0 Å². The third-order valence-electron chi connectivity index (χ3n) is 3.31. The van der Waals surface area contributed by atoms with E-state index in [9.17, 15) is 27.5 Å². The Morgan fingerprint density at radius 1 is 1.30 bits per heavy atom. The van der Waals surface area contributed by atoms with Crippen molar-refractivity contribution < 1.29 is 32.2 Å².